The second-order valence-corrected chi connectivity index (χ2v) is 6.38. The van der Waals surface area contributed by atoms with Gasteiger partial charge in [0.25, 0.3) is 0 Å². The molecule has 0 atom stereocenters. The lowest BCUT2D eigenvalue weighted by Crippen LogP contribution is -2.25. The van der Waals surface area contributed by atoms with Crippen LogP contribution in [-0.4, -0.2) is 41.8 Å². The number of Topliss-reactive ketones (excluding diaryl/α,β-unsaturated/α-hetero) is 1. The third-order valence-corrected chi connectivity index (χ3v) is 4.57. The van der Waals surface area contributed by atoms with Crippen molar-refractivity contribution in [3.8, 4) is 0 Å². The highest BCUT2D eigenvalue weighted by Gasteiger charge is 2.12. The summed E-state index contributed by atoms with van der Waals surface area (Å²) in [7, 11) is 0. The summed E-state index contributed by atoms with van der Waals surface area (Å²) in [6.45, 7) is 13.7. The van der Waals surface area contributed by atoms with E-state index in [-0.39, 0.29) is 5.78 Å². The van der Waals surface area contributed by atoms with E-state index in [0.717, 1.165) is 42.1 Å². The van der Waals surface area contributed by atoms with Crippen molar-refractivity contribution in [2.75, 3.05) is 31.1 Å². The summed E-state index contributed by atoms with van der Waals surface area (Å²) >= 11 is 1.75. The molecule has 0 saturated carbocycles. The summed E-state index contributed by atoms with van der Waals surface area (Å²) in [5.74, 6) is 1.88. The lowest BCUT2D eigenvalue weighted by molar-refractivity contribution is 0.102. The van der Waals surface area contributed by atoms with E-state index in [1.54, 1.807) is 11.8 Å². The Hall–Kier alpha value is -0.800. The van der Waals surface area contributed by atoms with E-state index in [1.165, 1.54) is 5.56 Å². The van der Waals surface area contributed by atoms with Crippen LogP contribution in [0, 0.1) is 20.8 Å². The molecule has 0 bridgehead atoms. The molecule has 1 rings (SSSR count). The molecule has 112 valence electrons. The molecular weight excluding hydrogens is 266 g/mol. The largest absolute Gasteiger partial charge is 0.303 e. The van der Waals surface area contributed by atoms with Crippen LogP contribution < -0.4 is 0 Å². The number of hydrogen-bond donors (Lipinski definition) is 0. The fourth-order valence-corrected chi connectivity index (χ4v) is 3.45. The fraction of sp³-hybridized carbons (Fsp3) is 0.588. The first kappa shape index (κ1) is 17.3. The van der Waals surface area contributed by atoms with Crippen LogP contribution in [0.1, 0.15) is 40.9 Å². The highest BCUT2D eigenvalue weighted by Crippen LogP contribution is 2.18. The average molecular weight is 293 g/mol. The maximum absolute atomic E-state index is 12.3. The first-order valence-electron chi connectivity index (χ1n) is 7.40. The molecule has 0 aliphatic carbocycles. The number of thioether (sulfide) groups is 1. The molecule has 0 N–H and O–H groups in total. The van der Waals surface area contributed by atoms with Gasteiger partial charge in [-0.15, -0.1) is 0 Å². The normalized spacial score (nSPS) is 11.1. The highest BCUT2D eigenvalue weighted by molar-refractivity contribution is 8.00. The Labute approximate surface area is 127 Å². The number of rotatable bonds is 8. The van der Waals surface area contributed by atoms with Crippen LogP contribution in [0.25, 0.3) is 0 Å². The maximum atomic E-state index is 12.3. The third kappa shape index (κ3) is 4.95. The van der Waals surface area contributed by atoms with Gasteiger partial charge in [-0.2, -0.15) is 11.8 Å². The van der Waals surface area contributed by atoms with Crippen LogP contribution in [-0.2, 0) is 0 Å². The zero-order chi connectivity index (χ0) is 15.1. The van der Waals surface area contributed by atoms with Crippen LogP contribution in [0.5, 0.6) is 0 Å². The number of aryl methyl sites for hydroxylation is 3. The van der Waals surface area contributed by atoms with Crippen molar-refractivity contribution in [2.24, 2.45) is 0 Å². The Morgan fingerprint density at radius 2 is 1.65 bits per heavy atom. The van der Waals surface area contributed by atoms with E-state index in [9.17, 15) is 4.79 Å². The van der Waals surface area contributed by atoms with E-state index in [2.05, 4.69) is 37.8 Å². The lowest BCUT2D eigenvalue weighted by Gasteiger charge is -2.17. The second-order valence-electron chi connectivity index (χ2n) is 5.28. The van der Waals surface area contributed by atoms with Crippen molar-refractivity contribution in [3.05, 3.63) is 34.4 Å². The van der Waals surface area contributed by atoms with Gasteiger partial charge < -0.3 is 4.90 Å². The molecule has 20 heavy (non-hydrogen) atoms. The molecule has 0 fully saturated rings. The maximum Gasteiger partial charge on any atom is 0.173 e. The summed E-state index contributed by atoms with van der Waals surface area (Å²) in [5.41, 5.74) is 4.37. The Bertz CT molecular complexity index is 429. The quantitative estimate of drug-likeness (QED) is 0.536. The minimum Gasteiger partial charge on any atom is -0.303 e. The van der Waals surface area contributed by atoms with E-state index >= 15 is 0 Å². The molecule has 1 aromatic carbocycles. The summed E-state index contributed by atoms with van der Waals surface area (Å²) < 4.78 is 0. The minimum atomic E-state index is 0.268. The molecule has 0 amide bonds. The molecular formula is C17H27NOS. The van der Waals surface area contributed by atoms with Gasteiger partial charge in [0, 0.05) is 17.9 Å². The number of carbonyl (C=O) groups excluding carboxylic acids is 1. The van der Waals surface area contributed by atoms with Gasteiger partial charge in [0.15, 0.2) is 5.78 Å². The lowest BCUT2D eigenvalue weighted by atomic mass is 9.97. The number of ketones is 1. The summed E-state index contributed by atoms with van der Waals surface area (Å²) in [6.07, 6.45) is 0. The van der Waals surface area contributed by atoms with Crippen LogP contribution in [0.2, 0.25) is 0 Å². The second kappa shape index (κ2) is 8.48. The average Bonchev–Trinajstić information content (AvgIpc) is 2.37. The van der Waals surface area contributed by atoms with Crippen LogP contribution in [0.4, 0.5) is 0 Å². The first-order chi connectivity index (χ1) is 9.49. The molecule has 3 heteroatoms. The predicted molar refractivity (Wildman–Crippen MR) is 90.1 cm³/mol. The minimum absolute atomic E-state index is 0.268. The summed E-state index contributed by atoms with van der Waals surface area (Å²) in [5, 5.41) is 0. The molecule has 0 aliphatic heterocycles. The smallest absolute Gasteiger partial charge is 0.173 e. The number of carbonyl (C=O) groups is 1. The Morgan fingerprint density at radius 1 is 1.10 bits per heavy atom. The predicted octanol–water partition coefficient (Wildman–Crippen LogP) is 3.87. The molecule has 0 aromatic heterocycles. The van der Waals surface area contributed by atoms with E-state index in [0.29, 0.717) is 5.75 Å². The van der Waals surface area contributed by atoms with Crippen LogP contribution in [0.3, 0.4) is 0 Å². The molecule has 0 unspecified atom stereocenters. The van der Waals surface area contributed by atoms with Gasteiger partial charge in [-0.25, -0.2) is 0 Å². The van der Waals surface area contributed by atoms with Gasteiger partial charge in [0.05, 0.1) is 5.75 Å². The highest BCUT2D eigenvalue weighted by atomic mass is 32.2. The Morgan fingerprint density at radius 3 is 2.15 bits per heavy atom. The Kier molecular flexibility index (Phi) is 7.31. The van der Waals surface area contributed by atoms with Crippen molar-refractivity contribution in [1.29, 1.82) is 0 Å². The monoisotopic (exact) mass is 293 g/mol. The van der Waals surface area contributed by atoms with Gasteiger partial charge in [0.2, 0.25) is 0 Å². The number of hydrogen-bond acceptors (Lipinski definition) is 3. The van der Waals surface area contributed by atoms with Crippen molar-refractivity contribution in [2.45, 2.75) is 34.6 Å². The summed E-state index contributed by atoms with van der Waals surface area (Å²) in [4.78, 5) is 14.7. The van der Waals surface area contributed by atoms with Gasteiger partial charge in [-0.05, 0) is 45.0 Å². The topological polar surface area (TPSA) is 20.3 Å². The first-order valence-corrected chi connectivity index (χ1v) is 8.56. The van der Waals surface area contributed by atoms with Crippen molar-refractivity contribution in [1.82, 2.24) is 4.90 Å². The molecule has 0 spiro atoms. The van der Waals surface area contributed by atoms with Gasteiger partial charge in [-0.3, -0.25) is 4.79 Å². The molecule has 0 radical (unpaired) electrons. The van der Waals surface area contributed by atoms with Crippen LogP contribution >= 0.6 is 11.8 Å². The van der Waals surface area contributed by atoms with Crippen LogP contribution in [0.15, 0.2) is 12.1 Å². The standard InChI is InChI=1S/C17H27NOS/c1-6-18(7-2)8-9-20-12-16(19)17-14(4)10-13(3)11-15(17)5/h10-11H,6-9,12H2,1-5H3. The third-order valence-electron chi connectivity index (χ3n) is 3.64. The molecule has 2 nitrogen and oxygen atoms in total. The zero-order valence-electron chi connectivity index (χ0n) is 13.5. The van der Waals surface area contributed by atoms with Crippen molar-refractivity contribution >= 4 is 17.5 Å². The summed E-state index contributed by atoms with van der Waals surface area (Å²) in [6, 6.07) is 4.20. The van der Waals surface area contributed by atoms with E-state index in [4.69, 9.17) is 0 Å². The van der Waals surface area contributed by atoms with Crippen molar-refractivity contribution < 1.29 is 4.79 Å². The van der Waals surface area contributed by atoms with Gasteiger partial charge >= 0.3 is 0 Å². The molecule has 0 aliphatic rings. The molecule has 0 saturated heterocycles. The fourth-order valence-electron chi connectivity index (χ4n) is 2.59. The molecule has 0 heterocycles. The van der Waals surface area contributed by atoms with Crippen molar-refractivity contribution in [3.63, 3.8) is 0 Å². The van der Waals surface area contributed by atoms with E-state index in [1.807, 2.05) is 13.8 Å². The zero-order valence-corrected chi connectivity index (χ0v) is 14.3. The van der Waals surface area contributed by atoms with Gasteiger partial charge in [-0.1, -0.05) is 31.5 Å². The SMILES string of the molecule is CCN(CC)CCSCC(=O)c1c(C)cc(C)cc1C. The number of nitrogens with zero attached hydrogens (tertiary/aromatic N) is 1. The number of benzene rings is 1. The Balaban J connectivity index is 2.52. The van der Waals surface area contributed by atoms with Gasteiger partial charge in [0.1, 0.15) is 0 Å². The molecule has 1 aromatic rings. The van der Waals surface area contributed by atoms with E-state index < -0.39 is 0 Å².